The fourth-order valence-corrected chi connectivity index (χ4v) is 2.87. The average Bonchev–Trinajstić information content (AvgIpc) is 2.59. The molecule has 0 saturated carbocycles. The predicted molar refractivity (Wildman–Crippen MR) is 89.4 cm³/mol. The van der Waals surface area contributed by atoms with Gasteiger partial charge in [0.2, 0.25) is 10.0 Å². The standard InChI is InChI=1S/C17H19NO5S/c1-18(2)24(20,21)16-9-7-14(8-10-16)17(19)23-12-13-5-4-6-15(11-13)22-3/h4-11H,12H2,1-3H3. The molecule has 0 radical (unpaired) electrons. The van der Waals surface area contributed by atoms with Crippen LogP contribution in [0.2, 0.25) is 0 Å². The van der Waals surface area contributed by atoms with Crippen molar-refractivity contribution in [1.29, 1.82) is 0 Å². The summed E-state index contributed by atoms with van der Waals surface area (Å²) in [6, 6.07) is 12.9. The minimum atomic E-state index is -3.52. The Balaban J connectivity index is 2.05. The lowest BCUT2D eigenvalue weighted by molar-refractivity contribution is 0.0472. The van der Waals surface area contributed by atoms with Crippen LogP contribution in [0.4, 0.5) is 0 Å². The highest BCUT2D eigenvalue weighted by molar-refractivity contribution is 7.89. The zero-order valence-corrected chi connectivity index (χ0v) is 14.5. The summed E-state index contributed by atoms with van der Waals surface area (Å²) >= 11 is 0. The Morgan fingerprint density at radius 1 is 1.08 bits per heavy atom. The minimum absolute atomic E-state index is 0.105. The number of carbonyl (C=O) groups is 1. The van der Waals surface area contributed by atoms with Crippen LogP contribution in [0.3, 0.4) is 0 Å². The SMILES string of the molecule is COc1cccc(COC(=O)c2ccc(S(=O)(=O)N(C)C)cc2)c1. The highest BCUT2D eigenvalue weighted by atomic mass is 32.2. The summed E-state index contributed by atoms with van der Waals surface area (Å²) in [5, 5.41) is 0. The largest absolute Gasteiger partial charge is 0.497 e. The number of sulfonamides is 1. The van der Waals surface area contributed by atoms with E-state index < -0.39 is 16.0 Å². The lowest BCUT2D eigenvalue weighted by atomic mass is 10.2. The molecule has 0 aliphatic carbocycles. The second kappa shape index (κ2) is 7.46. The molecular weight excluding hydrogens is 330 g/mol. The lowest BCUT2D eigenvalue weighted by Gasteiger charge is -2.11. The lowest BCUT2D eigenvalue weighted by Crippen LogP contribution is -2.22. The van der Waals surface area contributed by atoms with Gasteiger partial charge >= 0.3 is 5.97 Å². The summed E-state index contributed by atoms with van der Waals surface area (Å²) in [7, 11) is 0.949. The van der Waals surface area contributed by atoms with Crippen molar-refractivity contribution >= 4 is 16.0 Å². The Bertz CT molecular complexity index is 813. The molecule has 0 aliphatic rings. The van der Waals surface area contributed by atoms with E-state index in [0.29, 0.717) is 5.75 Å². The number of rotatable bonds is 6. The molecule has 0 atom stereocenters. The van der Waals surface area contributed by atoms with Crippen molar-refractivity contribution in [3.8, 4) is 5.75 Å². The molecule has 0 aromatic heterocycles. The van der Waals surface area contributed by atoms with Crippen molar-refractivity contribution in [3.63, 3.8) is 0 Å². The maximum atomic E-state index is 12.1. The van der Waals surface area contributed by atoms with Gasteiger partial charge < -0.3 is 9.47 Å². The van der Waals surface area contributed by atoms with Gasteiger partial charge in [-0.25, -0.2) is 17.5 Å². The van der Waals surface area contributed by atoms with Gasteiger partial charge in [0.05, 0.1) is 17.6 Å². The molecule has 0 saturated heterocycles. The third-order valence-corrected chi connectivity index (χ3v) is 5.20. The van der Waals surface area contributed by atoms with Crippen LogP contribution in [0.5, 0.6) is 5.75 Å². The molecule has 0 fully saturated rings. The van der Waals surface area contributed by atoms with E-state index in [1.165, 1.54) is 38.4 Å². The van der Waals surface area contributed by atoms with E-state index in [1.54, 1.807) is 19.2 Å². The summed E-state index contributed by atoms with van der Waals surface area (Å²) in [6.45, 7) is 0.105. The number of hydrogen-bond donors (Lipinski definition) is 0. The third kappa shape index (κ3) is 4.12. The summed E-state index contributed by atoms with van der Waals surface area (Å²) in [5.74, 6) is 0.161. The molecule has 6 nitrogen and oxygen atoms in total. The first-order valence-electron chi connectivity index (χ1n) is 7.17. The highest BCUT2D eigenvalue weighted by Crippen LogP contribution is 2.16. The Kier molecular flexibility index (Phi) is 5.58. The summed E-state index contributed by atoms with van der Waals surface area (Å²) in [5.41, 5.74) is 1.09. The van der Waals surface area contributed by atoms with Crippen LogP contribution in [0, 0.1) is 0 Å². The first-order chi connectivity index (χ1) is 11.3. The van der Waals surface area contributed by atoms with Crippen molar-refractivity contribution < 1.29 is 22.7 Å². The molecule has 0 amide bonds. The second-order valence-electron chi connectivity index (χ2n) is 5.24. The molecule has 128 valence electrons. The topological polar surface area (TPSA) is 72.9 Å². The van der Waals surface area contributed by atoms with E-state index in [-0.39, 0.29) is 17.1 Å². The van der Waals surface area contributed by atoms with Crippen LogP contribution in [-0.4, -0.2) is 39.9 Å². The van der Waals surface area contributed by atoms with Gasteiger partial charge in [-0.3, -0.25) is 0 Å². The molecule has 0 bridgehead atoms. The van der Waals surface area contributed by atoms with Gasteiger partial charge in [0.15, 0.2) is 0 Å². The van der Waals surface area contributed by atoms with Crippen LogP contribution in [0.1, 0.15) is 15.9 Å². The first-order valence-corrected chi connectivity index (χ1v) is 8.61. The van der Waals surface area contributed by atoms with E-state index in [9.17, 15) is 13.2 Å². The number of nitrogens with zero attached hydrogens (tertiary/aromatic N) is 1. The molecular formula is C17H19NO5S. The van der Waals surface area contributed by atoms with Crippen molar-refractivity contribution in [1.82, 2.24) is 4.31 Å². The van der Waals surface area contributed by atoms with Crippen LogP contribution in [0.15, 0.2) is 53.4 Å². The monoisotopic (exact) mass is 349 g/mol. The zero-order chi connectivity index (χ0) is 17.7. The van der Waals surface area contributed by atoms with Crippen LogP contribution in [0.25, 0.3) is 0 Å². The van der Waals surface area contributed by atoms with Gasteiger partial charge in [-0.05, 0) is 42.0 Å². The summed E-state index contributed by atoms with van der Waals surface area (Å²) < 4.78 is 35.4. The smallest absolute Gasteiger partial charge is 0.338 e. The highest BCUT2D eigenvalue weighted by Gasteiger charge is 2.17. The van der Waals surface area contributed by atoms with Gasteiger partial charge in [-0.2, -0.15) is 0 Å². The number of methoxy groups -OCH3 is 1. The third-order valence-electron chi connectivity index (χ3n) is 3.37. The van der Waals surface area contributed by atoms with Gasteiger partial charge in [0, 0.05) is 14.1 Å². The van der Waals surface area contributed by atoms with Gasteiger partial charge in [0.25, 0.3) is 0 Å². The maximum absolute atomic E-state index is 12.1. The van der Waals surface area contributed by atoms with E-state index in [4.69, 9.17) is 9.47 Å². The van der Waals surface area contributed by atoms with Crippen LogP contribution >= 0.6 is 0 Å². The van der Waals surface area contributed by atoms with Crippen LogP contribution < -0.4 is 4.74 Å². The molecule has 2 aromatic rings. The molecule has 0 spiro atoms. The quantitative estimate of drug-likeness (QED) is 0.748. The average molecular weight is 349 g/mol. The van der Waals surface area contributed by atoms with Gasteiger partial charge in [0.1, 0.15) is 12.4 Å². The maximum Gasteiger partial charge on any atom is 0.338 e. The molecule has 0 aliphatic heterocycles. The fraction of sp³-hybridized carbons (Fsp3) is 0.235. The van der Waals surface area contributed by atoms with Crippen molar-refractivity contribution in [3.05, 3.63) is 59.7 Å². The molecule has 7 heteroatoms. The van der Waals surface area contributed by atoms with Gasteiger partial charge in [-0.15, -0.1) is 0 Å². The van der Waals surface area contributed by atoms with E-state index in [1.807, 2.05) is 12.1 Å². The summed E-state index contributed by atoms with van der Waals surface area (Å²) in [6.07, 6.45) is 0. The number of ether oxygens (including phenoxy) is 2. The molecule has 24 heavy (non-hydrogen) atoms. The van der Waals surface area contributed by atoms with Crippen molar-refractivity contribution in [2.45, 2.75) is 11.5 Å². The molecule has 0 unspecified atom stereocenters. The predicted octanol–water partition coefficient (Wildman–Crippen LogP) is 2.30. The number of carbonyl (C=O) groups excluding carboxylic acids is 1. The van der Waals surface area contributed by atoms with Crippen molar-refractivity contribution in [2.24, 2.45) is 0 Å². The second-order valence-corrected chi connectivity index (χ2v) is 7.39. The summed E-state index contributed by atoms with van der Waals surface area (Å²) in [4.78, 5) is 12.2. The molecule has 2 rings (SSSR count). The van der Waals surface area contributed by atoms with Crippen molar-refractivity contribution in [2.75, 3.05) is 21.2 Å². The van der Waals surface area contributed by atoms with Crippen LogP contribution in [-0.2, 0) is 21.4 Å². The van der Waals surface area contributed by atoms with E-state index in [0.717, 1.165) is 9.87 Å². The van der Waals surface area contributed by atoms with E-state index >= 15 is 0 Å². The minimum Gasteiger partial charge on any atom is -0.497 e. The zero-order valence-electron chi connectivity index (χ0n) is 13.7. The molecule has 0 N–H and O–H groups in total. The first kappa shape index (κ1) is 18.0. The Morgan fingerprint density at radius 3 is 2.33 bits per heavy atom. The van der Waals surface area contributed by atoms with Gasteiger partial charge in [-0.1, -0.05) is 12.1 Å². The number of esters is 1. The Morgan fingerprint density at radius 2 is 1.75 bits per heavy atom. The Hall–Kier alpha value is -2.38. The molecule has 0 heterocycles. The number of hydrogen-bond acceptors (Lipinski definition) is 5. The number of benzene rings is 2. The fourth-order valence-electron chi connectivity index (χ4n) is 1.97. The molecule has 2 aromatic carbocycles. The van der Waals surface area contributed by atoms with E-state index in [2.05, 4.69) is 0 Å². The Labute approximate surface area is 141 Å². The normalized spacial score (nSPS) is 11.3.